The summed E-state index contributed by atoms with van der Waals surface area (Å²) in [6.07, 6.45) is 0.287. The number of aliphatic carboxylic acids is 1. The molecule has 1 fully saturated rings. The number of nitrogens with zero attached hydrogens (tertiary/aromatic N) is 1. The van der Waals surface area contributed by atoms with Gasteiger partial charge in [0, 0.05) is 6.54 Å². The molecule has 2 rings (SSSR count). The Kier molecular flexibility index (Phi) is 8.64. The lowest BCUT2D eigenvalue weighted by Crippen LogP contribution is -2.51. The number of esters is 1. The van der Waals surface area contributed by atoms with Crippen molar-refractivity contribution in [2.75, 3.05) is 13.2 Å². The van der Waals surface area contributed by atoms with Gasteiger partial charge in [0.1, 0.15) is 18.7 Å². The Morgan fingerprint density at radius 3 is 2.53 bits per heavy atom. The second-order valence-corrected chi connectivity index (χ2v) is 7.18. The van der Waals surface area contributed by atoms with Crippen LogP contribution in [0.5, 0.6) is 0 Å². The first-order valence-electron chi connectivity index (χ1n) is 10.0. The van der Waals surface area contributed by atoms with Crippen molar-refractivity contribution >= 4 is 23.9 Å². The molecule has 2 amide bonds. The molecule has 9 heteroatoms. The normalized spacial score (nSPS) is 17.7. The summed E-state index contributed by atoms with van der Waals surface area (Å²) in [5.74, 6) is -3.05. The van der Waals surface area contributed by atoms with Crippen LogP contribution in [0, 0.1) is 5.92 Å². The quantitative estimate of drug-likeness (QED) is 0.586. The Bertz CT molecular complexity index is 753. The Morgan fingerprint density at radius 1 is 1.20 bits per heavy atom. The highest BCUT2D eigenvalue weighted by molar-refractivity contribution is 5.90. The van der Waals surface area contributed by atoms with E-state index in [0.717, 1.165) is 5.56 Å². The monoisotopic (exact) mass is 420 g/mol. The van der Waals surface area contributed by atoms with Crippen LogP contribution in [0.25, 0.3) is 0 Å². The molecule has 3 atom stereocenters. The van der Waals surface area contributed by atoms with Crippen molar-refractivity contribution < 1.29 is 33.8 Å². The summed E-state index contributed by atoms with van der Waals surface area (Å²) in [7, 11) is 0. The summed E-state index contributed by atoms with van der Waals surface area (Å²) in [4.78, 5) is 49.8. The number of carboxylic acids is 1. The third kappa shape index (κ3) is 6.47. The molecule has 1 aliphatic heterocycles. The Morgan fingerprint density at radius 2 is 1.90 bits per heavy atom. The van der Waals surface area contributed by atoms with Gasteiger partial charge in [0.05, 0.1) is 12.5 Å². The fraction of sp³-hybridized carbons (Fsp3) is 0.524. The van der Waals surface area contributed by atoms with Crippen molar-refractivity contribution in [3.05, 3.63) is 35.9 Å². The summed E-state index contributed by atoms with van der Waals surface area (Å²) >= 11 is 0. The van der Waals surface area contributed by atoms with E-state index in [1.54, 1.807) is 13.8 Å². The Balaban J connectivity index is 1.94. The lowest BCUT2D eigenvalue weighted by molar-refractivity contribution is -0.149. The molecule has 1 aromatic carbocycles. The number of hydrogen-bond acceptors (Lipinski definition) is 6. The van der Waals surface area contributed by atoms with E-state index in [4.69, 9.17) is 9.47 Å². The Hall–Kier alpha value is -3.10. The second kappa shape index (κ2) is 11.2. The number of carboxylic acid groups (broad SMARTS) is 1. The molecule has 0 spiro atoms. The number of rotatable bonds is 9. The van der Waals surface area contributed by atoms with Gasteiger partial charge in [-0.25, -0.2) is 9.59 Å². The molecule has 30 heavy (non-hydrogen) atoms. The first-order valence-corrected chi connectivity index (χ1v) is 10.0. The van der Waals surface area contributed by atoms with Crippen LogP contribution in [-0.2, 0) is 30.5 Å². The van der Waals surface area contributed by atoms with E-state index in [9.17, 15) is 24.3 Å². The van der Waals surface area contributed by atoms with Crippen LogP contribution >= 0.6 is 0 Å². The largest absolute Gasteiger partial charge is 0.480 e. The first-order chi connectivity index (χ1) is 14.3. The fourth-order valence-corrected chi connectivity index (χ4v) is 3.28. The highest BCUT2D eigenvalue weighted by Crippen LogP contribution is 2.20. The molecule has 164 valence electrons. The van der Waals surface area contributed by atoms with Crippen LogP contribution in [0.15, 0.2) is 30.3 Å². The molecular weight excluding hydrogens is 392 g/mol. The average molecular weight is 420 g/mol. The van der Waals surface area contributed by atoms with E-state index in [2.05, 4.69) is 5.32 Å². The summed E-state index contributed by atoms with van der Waals surface area (Å²) in [6.45, 7) is 3.83. The van der Waals surface area contributed by atoms with Crippen molar-refractivity contribution in [2.24, 2.45) is 5.92 Å². The molecule has 0 bridgehead atoms. The van der Waals surface area contributed by atoms with Gasteiger partial charge < -0.3 is 19.9 Å². The topological polar surface area (TPSA) is 122 Å². The van der Waals surface area contributed by atoms with Gasteiger partial charge >= 0.3 is 18.0 Å². The molecule has 0 aromatic heterocycles. The van der Waals surface area contributed by atoms with Gasteiger partial charge in [-0.3, -0.25) is 14.5 Å². The number of benzene rings is 1. The number of nitrogens with one attached hydrogen (secondary N) is 1. The third-order valence-corrected chi connectivity index (χ3v) is 4.89. The number of hydrogen-bond donors (Lipinski definition) is 2. The van der Waals surface area contributed by atoms with Crippen molar-refractivity contribution in [3.8, 4) is 0 Å². The fourth-order valence-electron chi connectivity index (χ4n) is 3.28. The SMILES string of the molecule is CCOC(=O)[C@H](C)C[C@@H](NC(=O)[C@H]1CCCN1C(=O)OCc1ccccc1)C(=O)O. The van der Waals surface area contributed by atoms with E-state index >= 15 is 0 Å². The molecule has 0 aliphatic carbocycles. The highest BCUT2D eigenvalue weighted by Gasteiger charge is 2.37. The first kappa shape index (κ1) is 23.2. The van der Waals surface area contributed by atoms with Crippen molar-refractivity contribution in [1.29, 1.82) is 0 Å². The third-order valence-electron chi connectivity index (χ3n) is 4.89. The van der Waals surface area contributed by atoms with Gasteiger partial charge in [-0.2, -0.15) is 0 Å². The summed E-state index contributed by atoms with van der Waals surface area (Å²) in [5.41, 5.74) is 0.824. The standard InChI is InChI=1S/C21H28N2O7/c1-3-29-20(27)14(2)12-16(19(25)26)22-18(24)17-10-7-11-23(17)21(28)30-13-15-8-5-4-6-9-15/h4-6,8-9,14,16-17H,3,7,10-13H2,1-2H3,(H,22,24)(H,25,26)/t14-,16-,17-/m1/s1. The van der Waals surface area contributed by atoms with Crippen LogP contribution in [0.3, 0.4) is 0 Å². The van der Waals surface area contributed by atoms with E-state index < -0.39 is 41.9 Å². The van der Waals surface area contributed by atoms with Crippen LogP contribution in [0.4, 0.5) is 4.79 Å². The maximum atomic E-state index is 12.7. The van der Waals surface area contributed by atoms with Crippen LogP contribution in [-0.4, -0.2) is 59.2 Å². The minimum Gasteiger partial charge on any atom is -0.480 e. The number of carbonyl (C=O) groups excluding carboxylic acids is 3. The van der Waals surface area contributed by atoms with Gasteiger partial charge in [0.25, 0.3) is 0 Å². The second-order valence-electron chi connectivity index (χ2n) is 7.18. The van der Waals surface area contributed by atoms with Gasteiger partial charge in [-0.15, -0.1) is 0 Å². The predicted molar refractivity (Wildman–Crippen MR) is 106 cm³/mol. The number of carbonyl (C=O) groups is 4. The zero-order chi connectivity index (χ0) is 22.1. The molecule has 2 N–H and O–H groups in total. The minimum atomic E-state index is -1.26. The van der Waals surface area contributed by atoms with E-state index in [-0.39, 0.29) is 19.6 Å². The molecule has 0 radical (unpaired) electrons. The van der Waals surface area contributed by atoms with Crippen LogP contribution in [0.1, 0.15) is 38.7 Å². The van der Waals surface area contributed by atoms with Gasteiger partial charge in [-0.05, 0) is 31.7 Å². The number of likely N-dealkylation sites (tertiary alicyclic amines) is 1. The highest BCUT2D eigenvalue weighted by atomic mass is 16.6. The Labute approximate surface area is 175 Å². The van der Waals surface area contributed by atoms with E-state index in [0.29, 0.717) is 19.4 Å². The molecule has 0 unspecified atom stereocenters. The summed E-state index contributed by atoms with van der Waals surface area (Å²) in [5, 5.41) is 11.9. The number of ether oxygens (including phenoxy) is 2. The molecule has 0 saturated carbocycles. The van der Waals surface area contributed by atoms with E-state index in [1.807, 2.05) is 30.3 Å². The zero-order valence-electron chi connectivity index (χ0n) is 17.2. The average Bonchev–Trinajstić information content (AvgIpc) is 3.22. The maximum Gasteiger partial charge on any atom is 0.410 e. The minimum absolute atomic E-state index is 0.0827. The molecule has 1 saturated heterocycles. The van der Waals surface area contributed by atoms with Crippen molar-refractivity contribution in [1.82, 2.24) is 10.2 Å². The summed E-state index contributed by atoms with van der Waals surface area (Å²) in [6, 6.07) is 7.09. The molecule has 9 nitrogen and oxygen atoms in total. The van der Waals surface area contributed by atoms with Gasteiger partial charge in [0.15, 0.2) is 0 Å². The molecular formula is C21H28N2O7. The molecule has 1 aromatic rings. The lowest BCUT2D eigenvalue weighted by Gasteiger charge is -2.25. The van der Waals surface area contributed by atoms with Gasteiger partial charge in [-0.1, -0.05) is 37.3 Å². The lowest BCUT2D eigenvalue weighted by atomic mass is 10.0. The predicted octanol–water partition coefficient (Wildman–Crippen LogP) is 1.95. The van der Waals surface area contributed by atoms with Crippen LogP contribution < -0.4 is 5.32 Å². The van der Waals surface area contributed by atoms with Gasteiger partial charge in [0.2, 0.25) is 5.91 Å². The number of amides is 2. The molecule has 1 heterocycles. The van der Waals surface area contributed by atoms with Crippen molar-refractivity contribution in [2.45, 2.75) is 51.8 Å². The smallest absolute Gasteiger partial charge is 0.410 e. The molecule has 1 aliphatic rings. The van der Waals surface area contributed by atoms with Crippen molar-refractivity contribution in [3.63, 3.8) is 0 Å². The summed E-state index contributed by atoms with van der Waals surface area (Å²) < 4.78 is 10.2. The van der Waals surface area contributed by atoms with E-state index in [1.165, 1.54) is 4.90 Å². The zero-order valence-corrected chi connectivity index (χ0v) is 17.2. The van der Waals surface area contributed by atoms with Crippen LogP contribution in [0.2, 0.25) is 0 Å². The maximum absolute atomic E-state index is 12.7.